The Kier molecular flexibility index (Phi) is 6.11. The highest BCUT2D eigenvalue weighted by Crippen LogP contribution is 2.35. The molecule has 0 unspecified atom stereocenters. The highest BCUT2D eigenvalue weighted by Gasteiger charge is 2.28. The van der Waals surface area contributed by atoms with Gasteiger partial charge in [0.15, 0.2) is 0 Å². The summed E-state index contributed by atoms with van der Waals surface area (Å²) in [5.41, 5.74) is 2.31. The Balaban J connectivity index is 1.72. The van der Waals surface area contributed by atoms with Crippen LogP contribution in [-0.4, -0.2) is 25.5 Å². The van der Waals surface area contributed by atoms with Gasteiger partial charge >= 0.3 is 5.97 Å². The Morgan fingerprint density at radius 1 is 1.06 bits per heavy atom. The Morgan fingerprint density at radius 3 is 2.53 bits per heavy atom. The molecule has 2 aromatic carbocycles. The summed E-state index contributed by atoms with van der Waals surface area (Å²) in [7, 11) is -4.01. The number of aliphatic carboxylic acids is 1. The van der Waals surface area contributed by atoms with Gasteiger partial charge in [-0.15, -0.1) is 11.3 Å². The fourth-order valence-electron chi connectivity index (χ4n) is 3.70. The third-order valence-electron chi connectivity index (χ3n) is 5.41. The lowest BCUT2D eigenvalue weighted by atomic mass is 10.1. The fourth-order valence-corrected chi connectivity index (χ4v) is 6.17. The molecule has 0 spiro atoms. The number of rotatable bonds is 8. The molecule has 0 saturated carbocycles. The van der Waals surface area contributed by atoms with Crippen molar-refractivity contribution in [1.82, 2.24) is 4.72 Å². The summed E-state index contributed by atoms with van der Waals surface area (Å²) in [5, 5.41) is 10.8. The van der Waals surface area contributed by atoms with Crippen molar-refractivity contribution in [2.45, 2.75) is 44.6 Å². The molecule has 168 valence electrons. The van der Waals surface area contributed by atoms with Crippen LogP contribution in [0.2, 0.25) is 0 Å². The van der Waals surface area contributed by atoms with Gasteiger partial charge in [0.1, 0.15) is 17.2 Å². The molecule has 0 fully saturated rings. The second kappa shape index (κ2) is 8.69. The minimum absolute atomic E-state index is 0.00569. The summed E-state index contributed by atoms with van der Waals surface area (Å²) in [6, 6.07) is 13.6. The molecule has 32 heavy (non-hydrogen) atoms. The molecule has 6 nitrogen and oxygen atoms in total. The van der Waals surface area contributed by atoms with Crippen molar-refractivity contribution in [3.8, 4) is 10.4 Å². The summed E-state index contributed by atoms with van der Waals surface area (Å²) in [5.74, 6) is -1.60. The van der Waals surface area contributed by atoms with E-state index in [1.54, 1.807) is 31.3 Å². The molecule has 0 saturated heterocycles. The Labute approximate surface area is 190 Å². The molecule has 4 rings (SSSR count). The third-order valence-corrected chi connectivity index (χ3v) is 8.04. The number of hydrogen-bond donors (Lipinski definition) is 2. The molecular weight excluding hydrogens is 446 g/mol. The molecule has 1 atom stereocenters. The molecule has 2 heterocycles. The largest absolute Gasteiger partial charge is 0.480 e. The van der Waals surface area contributed by atoms with Gasteiger partial charge in [0.2, 0.25) is 10.0 Å². The van der Waals surface area contributed by atoms with Crippen molar-refractivity contribution in [2.75, 3.05) is 0 Å². The Hall–Kier alpha value is -2.68. The van der Waals surface area contributed by atoms with Crippen LogP contribution in [0.1, 0.15) is 32.1 Å². The van der Waals surface area contributed by atoms with Crippen molar-refractivity contribution in [3.63, 3.8) is 0 Å². The van der Waals surface area contributed by atoms with E-state index in [-0.39, 0.29) is 4.90 Å². The summed E-state index contributed by atoms with van der Waals surface area (Å²) in [6.45, 7) is 5.48. The predicted molar refractivity (Wildman–Crippen MR) is 128 cm³/mol. The maximum absolute atomic E-state index is 12.8. The number of sulfonamides is 1. The van der Waals surface area contributed by atoms with E-state index in [4.69, 9.17) is 4.42 Å². The zero-order valence-electron chi connectivity index (χ0n) is 18.1. The first-order valence-electron chi connectivity index (χ1n) is 10.5. The highest BCUT2D eigenvalue weighted by atomic mass is 32.2. The number of nitrogens with one attached hydrogen (secondary N) is 1. The lowest BCUT2D eigenvalue weighted by Crippen LogP contribution is -2.44. The maximum Gasteiger partial charge on any atom is 0.322 e. The average molecular weight is 472 g/mol. The zero-order valence-corrected chi connectivity index (χ0v) is 19.7. The number of thiophene rings is 1. The lowest BCUT2D eigenvalue weighted by Gasteiger charge is -2.17. The molecule has 4 aromatic rings. The summed E-state index contributed by atoms with van der Waals surface area (Å²) in [6.07, 6.45) is 2.16. The van der Waals surface area contributed by atoms with Gasteiger partial charge in [-0.2, -0.15) is 4.72 Å². The van der Waals surface area contributed by atoms with Crippen LogP contribution in [0, 0.1) is 5.92 Å². The number of carboxylic acids is 1. The first-order valence-corrected chi connectivity index (χ1v) is 12.8. The Bertz CT molecular complexity index is 1400. The number of furan rings is 1. The number of hydrogen-bond acceptors (Lipinski definition) is 5. The molecule has 2 N–H and O–H groups in total. The second-order valence-electron chi connectivity index (χ2n) is 8.17. The molecule has 8 heteroatoms. The third kappa shape index (κ3) is 4.30. The van der Waals surface area contributed by atoms with Crippen molar-refractivity contribution >= 4 is 49.3 Å². The van der Waals surface area contributed by atoms with E-state index in [9.17, 15) is 18.3 Å². The molecule has 0 aliphatic rings. The fraction of sp³-hybridized carbons (Fsp3) is 0.292. The van der Waals surface area contributed by atoms with Crippen LogP contribution in [0.4, 0.5) is 0 Å². The molecule has 0 aliphatic carbocycles. The van der Waals surface area contributed by atoms with Crippen LogP contribution in [-0.2, 0) is 21.2 Å². The van der Waals surface area contributed by atoms with E-state index >= 15 is 0 Å². The quantitative estimate of drug-likeness (QED) is 0.346. The molecule has 0 aliphatic heterocycles. The van der Waals surface area contributed by atoms with Crippen LogP contribution < -0.4 is 4.72 Å². The monoisotopic (exact) mass is 471 g/mol. The van der Waals surface area contributed by atoms with Crippen LogP contribution in [0.5, 0.6) is 0 Å². The Morgan fingerprint density at radius 2 is 1.84 bits per heavy atom. The average Bonchev–Trinajstić information content (AvgIpc) is 3.35. The predicted octanol–water partition coefficient (Wildman–Crippen LogP) is 5.65. The van der Waals surface area contributed by atoms with E-state index in [1.165, 1.54) is 17.0 Å². The zero-order chi connectivity index (χ0) is 23.0. The summed E-state index contributed by atoms with van der Waals surface area (Å²) < 4.78 is 34.0. The van der Waals surface area contributed by atoms with Crippen LogP contribution in [0.15, 0.2) is 57.8 Å². The van der Waals surface area contributed by atoms with Crippen LogP contribution in [0.3, 0.4) is 0 Å². The number of fused-ring (bicyclic) bond motifs is 3. The number of carbonyl (C=O) groups is 1. The van der Waals surface area contributed by atoms with Crippen molar-refractivity contribution < 1.29 is 22.7 Å². The van der Waals surface area contributed by atoms with Gasteiger partial charge in [0, 0.05) is 20.5 Å². The summed E-state index contributed by atoms with van der Waals surface area (Å²) >= 11 is 1.76. The van der Waals surface area contributed by atoms with Gasteiger partial charge in [0.25, 0.3) is 0 Å². The number of carboxylic acid groups (broad SMARTS) is 1. The van der Waals surface area contributed by atoms with Gasteiger partial charge in [-0.3, -0.25) is 4.79 Å². The topological polar surface area (TPSA) is 96.6 Å². The van der Waals surface area contributed by atoms with E-state index in [0.29, 0.717) is 16.6 Å². The normalized spacial score (nSPS) is 13.2. The smallest absolute Gasteiger partial charge is 0.322 e. The lowest BCUT2D eigenvalue weighted by molar-refractivity contribution is -0.140. The SMILES string of the molecule is CCCc1ccc(-c2ccc3c(c2)oc2ccc(S(=O)(=O)N[C@@H](C(=O)O)C(C)C)cc23)s1. The molecule has 2 aromatic heterocycles. The van der Waals surface area contributed by atoms with E-state index in [2.05, 4.69) is 23.8 Å². The van der Waals surface area contributed by atoms with Crippen molar-refractivity contribution in [2.24, 2.45) is 5.92 Å². The van der Waals surface area contributed by atoms with Gasteiger partial charge < -0.3 is 9.52 Å². The number of aryl methyl sites for hydroxylation is 1. The molecule has 0 radical (unpaired) electrons. The minimum atomic E-state index is -4.01. The van der Waals surface area contributed by atoms with Gasteiger partial charge in [-0.05, 0) is 60.4 Å². The summed E-state index contributed by atoms with van der Waals surface area (Å²) in [4.78, 5) is 14.0. The van der Waals surface area contributed by atoms with Gasteiger partial charge in [-0.1, -0.05) is 33.3 Å². The van der Waals surface area contributed by atoms with Gasteiger partial charge in [-0.25, -0.2) is 8.42 Å². The van der Waals surface area contributed by atoms with E-state index in [0.717, 1.165) is 28.7 Å². The van der Waals surface area contributed by atoms with Crippen molar-refractivity contribution in [3.05, 3.63) is 53.4 Å². The van der Waals surface area contributed by atoms with Gasteiger partial charge in [0.05, 0.1) is 4.90 Å². The highest BCUT2D eigenvalue weighted by molar-refractivity contribution is 7.89. The van der Waals surface area contributed by atoms with E-state index < -0.39 is 28.0 Å². The first-order chi connectivity index (χ1) is 15.2. The molecular formula is C24H25NO5S2. The maximum atomic E-state index is 12.8. The van der Waals surface area contributed by atoms with Crippen molar-refractivity contribution in [1.29, 1.82) is 0 Å². The standard InChI is InChI=1S/C24H25NO5S2/c1-4-5-16-7-11-22(31-16)15-6-9-18-19-13-17(8-10-20(19)30-21(18)12-15)32(28,29)25-23(14(2)3)24(26)27/h6-14,23,25H,4-5H2,1-3H3,(H,26,27)/t23-/m1/s1. The van der Waals surface area contributed by atoms with E-state index in [1.807, 2.05) is 18.2 Å². The van der Waals surface area contributed by atoms with Crippen LogP contribution in [0.25, 0.3) is 32.4 Å². The first kappa shape index (κ1) is 22.5. The minimum Gasteiger partial charge on any atom is -0.480 e. The molecule has 0 amide bonds. The number of benzene rings is 2. The molecule has 0 bridgehead atoms. The van der Waals surface area contributed by atoms with Crippen LogP contribution >= 0.6 is 11.3 Å². The second-order valence-corrected chi connectivity index (χ2v) is 11.1.